The number of hydrogen-bond acceptors (Lipinski definition) is 7. The number of aryl methyl sites for hydroxylation is 4. The standard InChI is InChI=1S/C30H39N3Si.C22H30ClN3Si.C21H19N3.C7H9N.3CH4/c1-22(2)34(23(3)4,24(5)6)33-21-27(29-13-10-18-31-30(29)33)19-26-15-17-28(32-20-26)16-14-25-11-8-7-9-12-25;1-15(2)27(16(3)4,17(5)6)26-14-19(20-8-7-11-24-22(20)26)12-18-9-10-21(23)25-13-18;1-2-5-16(6-3-1)8-10-19-11-9-17(14-23-19)13-18-15-24-21-20(18)7-4-12-22-21;8-6-7-4-2-1-3-5-7;;;/h7-13,15,17-18,20-24H,14,16,19H2,1-6H3;7-11,13-17H,12H2,1-6H3;1-7,9,11-12,14-15H,8,10,13H2,(H,22,24);1-5H,6,8H2;3*1H4. The van der Waals surface area contributed by atoms with Gasteiger partial charge in [-0.25, -0.2) is 19.9 Å². The van der Waals surface area contributed by atoms with E-state index in [0.29, 0.717) is 44.9 Å². The number of rotatable bonds is 21. The summed E-state index contributed by atoms with van der Waals surface area (Å²) in [4.78, 5) is 31.0. The molecule has 0 aliphatic carbocycles. The van der Waals surface area contributed by atoms with Crippen LogP contribution in [0.25, 0.3) is 33.1 Å². The molecule has 12 aromatic rings. The van der Waals surface area contributed by atoms with Crippen molar-refractivity contribution in [2.75, 3.05) is 0 Å². The molecule has 0 saturated carbocycles. The normalized spacial score (nSPS) is 11.5. The van der Waals surface area contributed by atoms with E-state index in [1.165, 1.54) is 66.2 Å². The van der Waals surface area contributed by atoms with Crippen LogP contribution in [-0.4, -0.2) is 59.8 Å². The van der Waals surface area contributed by atoms with Crippen molar-refractivity contribution in [2.24, 2.45) is 5.73 Å². The molecule has 96 heavy (non-hydrogen) atoms. The van der Waals surface area contributed by atoms with Gasteiger partial charge in [0.1, 0.15) is 22.1 Å². The molecule has 0 aliphatic heterocycles. The molecule has 0 atom stereocenters. The monoisotopic (exact) mass is 1340 g/mol. The van der Waals surface area contributed by atoms with E-state index < -0.39 is 16.5 Å². The fourth-order valence-electron chi connectivity index (χ4n) is 15.0. The number of benzene rings is 3. The van der Waals surface area contributed by atoms with Gasteiger partial charge in [0.2, 0.25) is 0 Å². The van der Waals surface area contributed by atoms with E-state index in [1.54, 1.807) is 0 Å². The number of hydrogen-bond donors (Lipinski definition) is 2. The number of aromatic amines is 1. The number of fused-ring (bicyclic) bond motifs is 3. The van der Waals surface area contributed by atoms with Crippen LogP contribution >= 0.6 is 11.6 Å². The highest BCUT2D eigenvalue weighted by Crippen LogP contribution is 2.46. The van der Waals surface area contributed by atoms with Crippen LogP contribution in [0.4, 0.5) is 0 Å². The Morgan fingerprint density at radius 1 is 0.375 bits per heavy atom. The van der Waals surface area contributed by atoms with Gasteiger partial charge in [-0.1, -0.05) is 226 Å². The number of halogens is 1. The summed E-state index contributed by atoms with van der Waals surface area (Å²) in [5, 5.41) is 4.26. The van der Waals surface area contributed by atoms with Gasteiger partial charge in [0.15, 0.2) is 16.5 Å². The summed E-state index contributed by atoms with van der Waals surface area (Å²) >= 11 is 5.96. The molecule has 3 aromatic carbocycles. The molecule has 0 bridgehead atoms. The molecule has 0 radical (unpaired) electrons. The number of aromatic nitrogens is 9. The summed E-state index contributed by atoms with van der Waals surface area (Å²) in [5.74, 6) is 0. The van der Waals surface area contributed by atoms with E-state index in [-0.39, 0.29) is 22.3 Å². The van der Waals surface area contributed by atoms with Crippen molar-refractivity contribution in [1.82, 2.24) is 43.4 Å². The van der Waals surface area contributed by atoms with Crippen molar-refractivity contribution < 1.29 is 0 Å². The van der Waals surface area contributed by atoms with Crippen molar-refractivity contribution in [1.29, 1.82) is 0 Å². The Morgan fingerprint density at radius 3 is 1.09 bits per heavy atom. The SMILES string of the molecule is C.C.C.CC(C)[Si](C(C)C)(C(C)C)n1cc(Cc2ccc(CCc3ccccc3)nc2)c2cccnc21.CC(C)[Si](C(C)C)(C(C)C)n1cc(Cc2ccc(Cl)nc2)c2cccnc21.NCc1ccccc1.c1ccc(CCc2ccc(Cc3c[nH]c4ncccc34)cn2)cc1. The van der Waals surface area contributed by atoms with E-state index in [0.717, 1.165) is 73.3 Å². The molecule has 0 saturated heterocycles. The quantitative estimate of drug-likeness (QED) is 0.0541. The zero-order valence-corrected chi connectivity index (χ0v) is 59.7. The molecule has 506 valence electrons. The molecule has 0 unspecified atom stereocenters. The molecule has 0 amide bonds. The van der Waals surface area contributed by atoms with Gasteiger partial charge < -0.3 is 19.2 Å². The van der Waals surface area contributed by atoms with E-state index in [1.807, 2.05) is 85.7 Å². The summed E-state index contributed by atoms with van der Waals surface area (Å²) in [6.45, 7) is 29.5. The Balaban J connectivity index is 0.000000214. The summed E-state index contributed by atoms with van der Waals surface area (Å²) < 4.78 is 5.24. The smallest absolute Gasteiger partial charge is 0.171 e. The fraction of sp³-hybridized carbons (Fsp3) is 0.349. The van der Waals surface area contributed by atoms with Crippen LogP contribution in [0.3, 0.4) is 0 Å². The number of pyridine rings is 6. The molecular formula is C83H109ClN10Si2. The lowest BCUT2D eigenvalue weighted by molar-refractivity contribution is 0.769. The van der Waals surface area contributed by atoms with Gasteiger partial charge in [0.05, 0.1) is 0 Å². The number of H-pyrrole nitrogens is 1. The highest BCUT2D eigenvalue weighted by Gasteiger charge is 2.47. The van der Waals surface area contributed by atoms with Crippen LogP contribution in [-0.2, 0) is 51.5 Å². The lowest BCUT2D eigenvalue weighted by Gasteiger charge is -2.44. The van der Waals surface area contributed by atoms with Crippen LogP contribution in [0.1, 0.15) is 167 Å². The van der Waals surface area contributed by atoms with Crippen molar-refractivity contribution >= 4 is 61.2 Å². The second-order valence-corrected chi connectivity index (χ2v) is 38.5. The topological polar surface area (TPSA) is 129 Å². The maximum Gasteiger partial charge on any atom is 0.171 e. The van der Waals surface area contributed by atoms with E-state index in [9.17, 15) is 0 Å². The van der Waals surface area contributed by atoms with E-state index in [2.05, 4.69) is 245 Å². The lowest BCUT2D eigenvalue weighted by Crippen LogP contribution is -2.51. The Morgan fingerprint density at radius 2 is 0.740 bits per heavy atom. The summed E-state index contributed by atoms with van der Waals surface area (Å²) in [5.41, 5.74) is 26.2. The van der Waals surface area contributed by atoms with Crippen LogP contribution in [0.5, 0.6) is 0 Å². The predicted molar refractivity (Wildman–Crippen MR) is 417 cm³/mol. The second-order valence-electron chi connectivity index (χ2n) is 26.7. The van der Waals surface area contributed by atoms with Gasteiger partial charge >= 0.3 is 0 Å². The minimum absolute atomic E-state index is 0. The molecule has 12 rings (SSSR count). The van der Waals surface area contributed by atoms with Gasteiger partial charge in [-0.3, -0.25) is 9.97 Å². The molecule has 9 heterocycles. The van der Waals surface area contributed by atoms with Crippen LogP contribution in [0.15, 0.2) is 220 Å². The van der Waals surface area contributed by atoms with Gasteiger partial charge in [0, 0.05) is 109 Å². The highest BCUT2D eigenvalue weighted by molar-refractivity contribution is 6.83. The number of nitrogens with one attached hydrogen (secondary N) is 1. The molecule has 0 spiro atoms. The molecule has 10 nitrogen and oxygen atoms in total. The highest BCUT2D eigenvalue weighted by atomic mass is 35.5. The third-order valence-corrected chi connectivity index (χ3v) is 32.7. The fourth-order valence-corrected chi connectivity index (χ4v) is 28.3. The molecule has 3 N–H and O–H groups in total. The summed E-state index contributed by atoms with van der Waals surface area (Å²) in [6.07, 6.45) is 25.1. The Bertz CT molecular complexity index is 4150. The van der Waals surface area contributed by atoms with E-state index in [4.69, 9.17) is 32.3 Å². The van der Waals surface area contributed by atoms with Crippen LogP contribution in [0.2, 0.25) is 38.4 Å². The Hall–Kier alpha value is -8.14. The maximum atomic E-state index is 5.96. The minimum atomic E-state index is -1.88. The first-order valence-corrected chi connectivity index (χ1v) is 38.3. The van der Waals surface area contributed by atoms with Crippen molar-refractivity contribution in [2.45, 2.75) is 190 Å². The third kappa shape index (κ3) is 18.3. The van der Waals surface area contributed by atoms with Gasteiger partial charge in [0.25, 0.3) is 0 Å². The zero-order chi connectivity index (χ0) is 66.1. The first kappa shape index (κ1) is 76.9. The van der Waals surface area contributed by atoms with Crippen LogP contribution in [0, 0.1) is 0 Å². The second kappa shape index (κ2) is 36.3. The molecule has 13 heteroatoms. The first-order valence-electron chi connectivity index (χ1n) is 33.5. The Kier molecular flexibility index (Phi) is 29.1. The van der Waals surface area contributed by atoms with Crippen molar-refractivity contribution in [3.8, 4) is 0 Å². The lowest BCUT2D eigenvalue weighted by atomic mass is 10.0. The number of nitrogens with two attached hydrogens (primary N) is 1. The maximum absolute atomic E-state index is 5.96. The van der Waals surface area contributed by atoms with Gasteiger partial charge in [-0.05, 0) is 164 Å². The predicted octanol–water partition coefficient (Wildman–Crippen LogP) is 21.9. The Labute approximate surface area is 582 Å². The summed E-state index contributed by atoms with van der Waals surface area (Å²) in [7, 11) is -3.73. The number of nitrogens with zero attached hydrogens (tertiary/aromatic N) is 8. The van der Waals surface area contributed by atoms with Crippen molar-refractivity contribution in [3.63, 3.8) is 0 Å². The van der Waals surface area contributed by atoms with E-state index >= 15 is 0 Å². The molecule has 9 aromatic heterocycles. The zero-order valence-electron chi connectivity index (χ0n) is 56.9. The minimum Gasteiger partial charge on any atom is -0.358 e. The summed E-state index contributed by atoms with van der Waals surface area (Å²) in [6, 6.07) is 56.6. The van der Waals surface area contributed by atoms with Crippen LogP contribution < -0.4 is 5.73 Å². The molecule has 0 aliphatic rings. The average Bonchev–Trinajstić information content (AvgIpc) is 1.52. The third-order valence-electron chi connectivity index (χ3n) is 19.1. The molecular weight excluding hydrogens is 1230 g/mol. The average molecular weight is 1340 g/mol. The van der Waals surface area contributed by atoms with Gasteiger partial charge in [-0.2, -0.15) is 0 Å². The van der Waals surface area contributed by atoms with Gasteiger partial charge in [-0.15, -0.1) is 0 Å². The van der Waals surface area contributed by atoms with Crippen molar-refractivity contribution in [3.05, 3.63) is 286 Å². The molecule has 0 fully saturated rings. The largest absolute Gasteiger partial charge is 0.358 e. The first-order chi connectivity index (χ1) is 44.9.